The average Bonchev–Trinajstić information content (AvgIpc) is 2.03. The number of piperidine rings is 1. The van der Waals surface area contributed by atoms with Gasteiger partial charge in [-0.2, -0.15) is 0 Å². The molecule has 3 heteroatoms. The Labute approximate surface area is 67.6 Å². The van der Waals surface area contributed by atoms with Crippen molar-refractivity contribution in [3.63, 3.8) is 0 Å². The fourth-order valence-electron chi connectivity index (χ4n) is 1.66. The minimum atomic E-state index is -0.235. The van der Waals surface area contributed by atoms with Crippen LogP contribution in [-0.4, -0.2) is 47.5 Å². The molecule has 2 N–H and O–H groups in total. The van der Waals surface area contributed by atoms with Crippen LogP contribution in [0.4, 0.5) is 0 Å². The van der Waals surface area contributed by atoms with Crippen LogP contribution in [0.3, 0.4) is 0 Å². The van der Waals surface area contributed by atoms with E-state index in [0.29, 0.717) is 0 Å². The summed E-state index contributed by atoms with van der Waals surface area (Å²) in [6, 6.07) is 0. The summed E-state index contributed by atoms with van der Waals surface area (Å²) in [6.07, 6.45) is 0.522. The number of rotatable bonds is 2. The summed E-state index contributed by atoms with van der Waals surface area (Å²) in [5, 5.41) is 18.2. The van der Waals surface area contributed by atoms with Crippen LogP contribution in [0, 0.1) is 5.92 Å². The highest BCUT2D eigenvalue weighted by Gasteiger charge is 2.23. The molecule has 2 atom stereocenters. The van der Waals surface area contributed by atoms with Gasteiger partial charge in [0.25, 0.3) is 0 Å². The van der Waals surface area contributed by atoms with Crippen LogP contribution in [0.1, 0.15) is 13.3 Å². The van der Waals surface area contributed by atoms with Gasteiger partial charge in [0.2, 0.25) is 0 Å². The number of β-amino-alcohol motifs (C(OH)–C–C–N with tert-alkyl or cyclic N) is 1. The number of likely N-dealkylation sites (N-methyl/N-ethyl adjacent to an activating group) is 1. The molecule has 1 rings (SSSR count). The summed E-state index contributed by atoms with van der Waals surface area (Å²) < 4.78 is 0. The third-order valence-electron chi connectivity index (χ3n) is 2.30. The Bertz CT molecular complexity index is 107. The molecule has 0 aromatic rings. The first-order chi connectivity index (χ1) is 5.26. The summed E-state index contributed by atoms with van der Waals surface area (Å²) in [6.45, 7) is 4.95. The Morgan fingerprint density at radius 2 is 2.18 bits per heavy atom. The summed E-state index contributed by atoms with van der Waals surface area (Å²) in [4.78, 5) is 2.18. The van der Waals surface area contributed by atoms with E-state index < -0.39 is 0 Å². The van der Waals surface area contributed by atoms with E-state index >= 15 is 0 Å². The lowest BCUT2D eigenvalue weighted by molar-refractivity contribution is 0.0236. The van der Waals surface area contributed by atoms with Crippen molar-refractivity contribution >= 4 is 0 Å². The molecule has 1 aliphatic rings. The number of aliphatic hydroxyl groups excluding tert-OH is 2. The maximum Gasteiger partial charge on any atom is 0.0671 e. The van der Waals surface area contributed by atoms with Crippen molar-refractivity contribution in [2.45, 2.75) is 19.4 Å². The van der Waals surface area contributed by atoms with Gasteiger partial charge in [0.05, 0.1) is 6.10 Å². The molecule has 0 bridgehead atoms. The lowest BCUT2D eigenvalue weighted by Crippen LogP contribution is -2.43. The Kier molecular flexibility index (Phi) is 3.30. The lowest BCUT2D eigenvalue weighted by atomic mass is 9.97. The van der Waals surface area contributed by atoms with E-state index in [1.54, 1.807) is 0 Å². The molecule has 1 aliphatic heterocycles. The Hall–Kier alpha value is -0.120. The van der Waals surface area contributed by atoms with E-state index in [4.69, 9.17) is 5.11 Å². The molecule has 11 heavy (non-hydrogen) atoms. The minimum absolute atomic E-state index is 0.202. The number of aliphatic hydroxyl groups is 2. The molecule has 0 radical (unpaired) electrons. The van der Waals surface area contributed by atoms with Crippen molar-refractivity contribution in [1.29, 1.82) is 0 Å². The van der Waals surface area contributed by atoms with Crippen molar-refractivity contribution in [1.82, 2.24) is 4.90 Å². The molecule has 0 aromatic carbocycles. The normalized spacial score (nSPS) is 34.1. The monoisotopic (exact) mass is 159 g/mol. The Morgan fingerprint density at radius 3 is 2.73 bits per heavy atom. The van der Waals surface area contributed by atoms with Crippen LogP contribution < -0.4 is 0 Å². The zero-order chi connectivity index (χ0) is 8.27. The fraction of sp³-hybridized carbons (Fsp3) is 1.00. The molecular weight excluding hydrogens is 142 g/mol. The summed E-state index contributed by atoms with van der Waals surface area (Å²) in [5.74, 6) is 0.277. The van der Waals surface area contributed by atoms with Crippen LogP contribution in [0.25, 0.3) is 0 Å². The molecule has 1 fully saturated rings. The van der Waals surface area contributed by atoms with E-state index in [1.165, 1.54) is 0 Å². The third-order valence-corrected chi connectivity index (χ3v) is 2.30. The molecule has 3 nitrogen and oxygen atoms in total. The molecule has 2 unspecified atom stereocenters. The first-order valence-corrected chi connectivity index (χ1v) is 4.27. The number of hydrogen-bond donors (Lipinski definition) is 2. The van der Waals surface area contributed by atoms with Crippen molar-refractivity contribution in [3.8, 4) is 0 Å². The molecule has 0 aliphatic carbocycles. The maximum absolute atomic E-state index is 9.36. The predicted molar refractivity (Wildman–Crippen MR) is 43.3 cm³/mol. The first-order valence-electron chi connectivity index (χ1n) is 4.27. The topological polar surface area (TPSA) is 43.7 Å². The Morgan fingerprint density at radius 1 is 1.45 bits per heavy atom. The second-order valence-corrected chi connectivity index (χ2v) is 3.29. The standard InChI is InChI=1S/C8H17NO2/c1-2-9-4-7(6-10)3-8(11)5-9/h7-8,10-11H,2-6H2,1H3. The largest absolute Gasteiger partial charge is 0.396 e. The SMILES string of the molecule is CCN1CC(O)CC(CO)C1. The summed E-state index contributed by atoms with van der Waals surface area (Å²) >= 11 is 0. The fourth-order valence-corrected chi connectivity index (χ4v) is 1.66. The van der Waals surface area contributed by atoms with Crippen LogP contribution >= 0.6 is 0 Å². The molecular formula is C8H17NO2. The van der Waals surface area contributed by atoms with Gasteiger partial charge in [0.1, 0.15) is 0 Å². The van der Waals surface area contributed by atoms with Gasteiger partial charge in [0.15, 0.2) is 0 Å². The first kappa shape index (κ1) is 8.97. The van der Waals surface area contributed by atoms with E-state index in [9.17, 15) is 5.11 Å². The van der Waals surface area contributed by atoms with E-state index in [0.717, 1.165) is 26.1 Å². The lowest BCUT2D eigenvalue weighted by Gasteiger charge is -2.33. The molecule has 0 amide bonds. The predicted octanol–water partition coefficient (Wildman–Crippen LogP) is -0.319. The van der Waals surface area contributed by atoms with Gasteiger partial charge < -0.3 is 15.1 Å². The van der Waals surface area contributed by atoms with Crippen molar-refractivity contribution in [2.75, 3.05) is 26.2 Å². The zero-order valence-electron chi connectivity index (χ0n) is 7.03. The zero-order valence-corrected chi connectivity index (χ0v) is 7.03. The molecule has 66 valence electrons. The van der Waals surface area contributed by atoms with Gasteiger partial charge in [-0.3, -0.25) is 0 Å². The molecule has 1 saturated heterocycles. The van der Waals surface area contributed by atoms with Gasteiger partial charge in [-0.1, -0.05) is 6.92 Å². The van der Waals surface area contributed by atoms with Crippen molar-refractivity contribution < 1.29 is 10.2 Å². The van der Waals surface area contributed by atoms with Crippen molar-refractivity contribution in [2.24, 2.45) is 5.92 Å². The quantitative estimate of drug-likeness (QED) is 0.580. The van der Waals surface area contributed by atoms with E-state index in [2.05, 4.69) is 11.8 Å². The van der Waals surface area contributed by atoms with Crippen LogP contribution in [0.5, 0.6) is 0 Å². The Balaban J connectivity index is 2.37. The highest BCUT2D eigenvalue weighted by atomic mass is 16.3. The maximum atomic E-state index is 9.36. The highest BCUT2D eigenvalue weighted by Crippen LogP contribution is 2.15. The third kappa shape index (κ3) is 2.43. The summed E-state index contributed by atoms with van der Waals surface area (Å²) in [5.41, 5.74) is 0. The summed E-state index contributed by atoms with van der Waals surface area (Å²) in [7, 11) is 0. The van der Waals surface area contributed by atoms with Gasteiger partial charge >= 0.3 is 0 Å². The van der Waals surface area contributed by atoms with Gasteiger partial charge in [-0.25, -0.2) is 0 Å². The van der Waals surface area contributed by atoms with Gasteiger partial charge in [-0.15, -0.1) is 0 Å². The number of likely N-dealkylation sites (tertiary alicyclic amines) is 1. The van der Waals surface area contributed by atoms with Crippen LogP contribution in [0.15, 0.2) is 0 Å². The number of hydrogen-bond acceptors (Lipinski definition) is 3. The van der Waals surface area contributed by atoms with E-state index in [-0.39, 0.29) is 18.6 Å². The van der Waals surface area contributed by atoms with Crippen LogP contribution in [-0.2, 0) is 0 Å². The smallest absolute Gasteiger partial charge is 0.0671 e. The second kappa shape index (κ2) is 4.04. The average molecular weight is 159 g/mol. The molecule has 1 heterocycles. The molecule has 0 spiro atoms. The molecule has 0 saturated carbocycles. The van der Waals surface area contributed by atoms with Gasteiger partial charge in [0, 0.05) is 19.7 Å². The molecule has 0 aromatic heterocycles. The van der Waals surface area contributed by atoms with E-state index in [1.807, 2.05) is 0 Å². The highest BCUT2D eigenvalue weighted by molar-refractivity contribution is 4.77. The van der Waals surface area contributed by atoms with Gasteiger partial charge in [-0.05, 0) is 18.9 Å². The van der Waals surface area contributed by atoms with Crippen molar-refractivity contribution in [3.05, 3.63) is 0 Å². The minimum Gasteiger partial charge on any atom is -0.396 e. The van der Waals surface area contributed by atoms with Crippen LogP contribution in [0.2, 0.25) is 0 Å². The second-order valence-electron chi connectivity index (χ2n) is 3.29. The number of nitrogens with zero attached hydrogens (tertiary/aromatic N) is 1.